The first-order chi connectivity index (χ1) is 12.5. The minimum Gasteiger partial charge on any atom is -0.321 e. The zero-order valence-electron chi connectivity index (χ0n) is 13.4. The second-order valence-corrected chi connectivity index (χ2v) is 5.74. The van der Waals surface area contributed by atoms with E-state index in [1.165, 1.54) is 36.7 Å². The number of halogens is 2. The van der Waals surface area contributed by atoms with Crippen LogP contribution in [0.5, 0.6) is 0 Å². The van der Waals surface area contributed by atoms with Gasteiger partial charge in [-0.3, -0.25) is 14.6 Å². The quantitative estimate of drug-likeness (QED) is 0.717. The lowest BCUT2D eigenvalue weighted by molar-refractivity contribution is 0.102. The van der Waals surface area contributed by atoms with Crippen LogP contribution in [0.1, 0.15) is 20.7 Å². The molecule has 1 aromatic heterocycles. The summed E-state index contributed by atoms with van der Waals surface area (Å²) in [5.74, 6) is -1.59. The number of para-hydroxylation sites is 2. The molecule has 130 valence electrons. The van der Waals surface area contributed by atoms with Crippen molar-refractivity contribution in [2.45, 2.75) is 0 Å². The largest absolute Gasteiger partial charge is 0.321 e. The highest BCUT2D eigenvalue weighted by atomic mass is 35.5. The molecular weight excluding hydrogens is 357 g/mol. The van der Waals surface area contributed by atoms with E-state index in [-0.39, 0.29) is 16.8 Å². The number of anilines is 2. The highest BCUT2D eigenvalue weighted by molar-refractivity contribution is 6.33. The van der Waals surface area contributed by atoms with Gasteiger partial charge in [0.25, 0.3) is 11.8 Å². The summed E-state index contributed by atoms with van der Waals surface area (Å²) in [6, 6.07) is 13.9. The maximum absolute atomic E-state index is 13.6. The second-order valence-electron chi connectivity index (χ2n) is 5.33. The predicted molar refractivity (Wildman–Crippen MR) is 98.0 cm³/mol. The summed E-state index contributed by atoms with van der Waals surface area (Å²) in [6.45, 7) is 0. The lowest BCUT2D eigenvalue weighted by atomic mass is 10.1. The Morgan fingerprint density at radius 3 is 2.00 bits per heavy atom. The SMILES string of the molecule is O=C(Nc1ccccc1F)c1cncc(C(=O)Nc2ccccc2Cl)c1. The van der Waals surface area contributed by atoms with Crippen molar-refractivity contribution in [3.63, 3.8) is 0 Å². The van der Waals surface area contributed by atoms with E-state index in [1.54, 1.807) is 30.3 Å². The van der Waals surface area contributed by atoms with Gasteiger partial charge in [-0.15, -0.1) is 0 Å². The van der Waals surface area contributed by atoms with Crippen LogP contribution in [-0.4, -0.2) is 16.8 Å². The summed E-state index contributed by atoms with van der Waals surface area (Å²) in [4.78, 5) is 28.5. The number of hydrogen-bond acceptors (Lipinski definition) is 3. The number of nitrogens with zero attached hydrogens (tertiary/aromatic N) is 1. The minimum absolute atomic E-state index is 0.0448. The molecule has 0 radical (unpaired) electrons. The summed E-state index contributed by atoms with van der Waals surface area (Å²) >= 11 is 6.01. The van der Waals surface area contributed by atoms with Gasteiger partial charge in [0.15, 0.2) is 0 Å². The van der Waals surface area contributed by atoms with E-state index in [0.29, 0.717) is 10.7 Å². The molecule has 26 heavy (non-hydrogen) atoms. The fourth-order valence-electron chi connectivity index (χ4n) is 2.20. The Morgan fingerprint density at radius 2 is 1.38 bits per heavy atom. The summed E-state index contributed by atoms with van der Waals surface area (Å²) in [6.07, 6.45) is 2.62. The number of carbonyl (C=O) groups excluding carboxylic acids is 2. The number of rotatable bonds is 4. The third-order valence-electron chi connectivity index (χ3n) is 3.51. The summed E-state index contributed by atoms with van der Waals surface area (Å²) in [5.41, 5.74) is 0.787. The van der Waals surface area contributed by atoms with Crippen molar-refractivity contribution < 1.29 is 14.0 Å². The standard InChI is InChI=1S/C19H13ClFN3O2/c20-14-5-1-3-7-16(14)23-18(25)12-9-13(11-22-10-12)19(26)24-17-8-4-2-6-15(17)21/h1-11H,(H,23,25)(H,24,26). The number of amides is 2. The first kappa shape index (κ1) is 17.6. The van der Waals surface area contributed by atoms with Crippen LogP contribution in [0.4, 0.5) is 15.8 Å². The topological polar surface area (TPSA) is 71.1 Å². The Bertz CT molecular complexity index is 904. The lowest BCUT2D eigenvalue weighted by Gasteiger charge is -2.09. The maximum atomic E-state index is 13.6. The maximum Gasteiger partial charge on any atom is 0.257 e. The Labute approximate surface area is 153 Å². The van der Waals surface area contributed by atoms with E-state index in [4.69, 9.17) is 11.6 Å². The van der Waals surface area contributed by atoms with Gasteiger partial charge < -0.3 is 10.6 Å². The van der Waals surface area contributed by atoms with Crippen LogP contribution in [0.15, 0.2) is 67.0 Å². The molecule has 0 bridgehead atoms. The van der Waals surface area contributed by atoms with Gasteiger partial charge in [-0.1, -0.05) is 35.9 Å². The van der Waals surface area contributed by atoms with Crippen molar-refractivity contribution >= 4 is 34.8 Å². The third kappa shape index (κ3) is 4.04. The Morgan fingerprint density at radius 1 is 0.846 bits per heavy atom. The number of nitrogens with one attached hydrogen (secondary N) is 2. The molecule has 2 amide bonds. The molecule has 3 rings (SSSR count). The Balaban J connectivity index is 1.77. The zero-order valence-corrected chi connectivity index (χ0v) is 14.1. The van der Waals surface area contributed by atoms with Crippen molar-refractivity contribution in [1.82, 2.24) is 4.98 Å². The molecule has 0 saturated heterocycles. The number of carbonyl (C=O) groups is 2. The first-order valence-electron chi connectivity index (χ1n) is 7.61. The van der Waals surface area contributed by atoms with Crippen LogP contribution in [0, 0.1) is 5.82 Å². The van der Waals surface area contributed by atoms with Crippen molar-refractivity contribution in [2.75, 3.05) is 10.6 Å². The first-order valence-corrected chi connectivity index (χ1v) is 7.99. The third-order valence-corrected chi connectivity index (χ3v) is 3.84. The van der Waals surface area contributed by atoms with Crippen LogP contribution in [0.2, 0.25) is 5.02 Å². The molecule has 2 N–H and O–H groups in total. The van der Waals surface area contributed by atoms with Crippen LogP contribution in [0.3, 0.4) is 0 Å². The molecule has 0 aliphatic carbocycles. The van der Waals surface area contributed by atoms with Crippen LogP contribution in [0.25, 0.3) is 0 Å². The van der Waals surface area contributed by atoms with E-state index < -0.39 is 17.6 Å². The van der Waals surface area contributed by atoms with E-state index in [0.717, 1.165) is 0 Å². The van der Waals surface area contributed by atoms with E-state index in [1.807, 2.05) is 0 Å². The number of pyridine rings is 1. The van der Waals surface area contributed by atoms with Crippen molar-refractivity contribution in [3.8, 4) is 0 Å². The van der Waals surface area contributed by atoms with Gasteiger partial charge in [-0.25, -0.2) is 4.39 Å². The molecule has 0 saturated carbocycles. The zero-order chi connectivity index (χ0) is 18.5. The van der Waals surface area contributed by atoms with Gasteiger partial charge >= 0.3 is 0 Å². The molecule has 0 spiro atoms. The van der Waals surface area contributed by atoms with E-state index >= 15 is 0 Å². The summed E-state index contributed by atoms with van der Waals surface area (Å²) in [7, 11) is 0. The molecule has 0 aliphatic heterocycles. The van der Waals surface area contributed by atoms with Crippen molar-refractivity contribution in [3.05, 3.63) is 89.0 Å². The van der Waals surface area contributed by atoms with Gasteiger partial charge in [-0.05, 0) is 30.3 Å². The van der Waals surface area contributed by atoms with Gasteiger partial charge in [0.05, 0.1) is 27.5 Å². The molecule has 2 aromatic carbocycles. The summed E-state index contributed by atoms with van der Waals surface area (Å²) < 4.78 is 13.6. The lowest BCUT2D eigenvalue weighted by Crippen LogP contribution is -2.16. The van der Waals surface area contributed by atoms with Crippen LogP contribution < -0.4 is 10.6 Å². The molecule has 0 unspecified atom stereocenters. The molecule has 3 aromatic rings. The highest BCUT2D eigenvalue weighted by Crippen LogP contribution is 2.21. The van der Waals surface area contributed by atoms with Crippen molar-refractivity contribution in [2.24, 2.45) is 0 Å². The predicted octanol–water partition coefficient (Wildman–Crippen LogP) is 4.38. The van der Waals surface area contributed by atoms with Gasteiger partial charge in [0.1, 0.15) is 5.82 Å². The monoisotopic (exact) mass is 369 g/mol. The number of aromatic nitrogens is 1. The molecule has 0 atom stereocenters. The smallest absolute Gasteiger partial charge is 0.257 e. The average molecular weight is 370 g/mol. The molecule has 0 fully saturated rings. The molecule has 1 heterocycles. The Kier molecular flexibility index (Phi) is 5.24. The number of hydrogen-bond donors (Lipinski definition) is 2. The van der Waals surface area contributed by atoms with Crippen LogP contribution >= 0.6 is 11.6 Å². The van der Waals surface area contributed by atoms with E-state index in [9.17, 15) is 14.0 Å². The minimum atomic E-state index is -0.574. The Hall–Kier alpha value is -3.25. The fourth-order valence-corrected chi connectivity index (χ4v) is 2.39. The van der Waals surface area contributed by atoms with Gasteiger partial charge in [0, 0.05) is 12.4 Å². The second kappa shape index (κ2) is 7.76. The van der Waals surface area contributed by atoms with E-state index in [2.05, 4.69) is 15.6 Å². The summed E-state index contributed by atoms with van der Waals surface area (Å²) in [5, 5.41) is 5.48. The molecular formula is C19H13ClFN3O2. The molecule has 7 heteroatoms. The molecule has 0 aliphatic rings. The van der Waals surface area contributed by atoms with Crippen LogP contribution in [-0.2, 0) is 0 Å². The highest BCUT2D eigenvalue weighted by Gasteiger charge is 2.14. The normalized spacial score (nSPS) is 10.2. The van der Waals surface area contributed by atoms with Crippen molar-refractivity contribution in [1.29, 1.82) is 0 Å². The van der Waals surface area contributed by atoms with Gasteiger partial charge in [0.2, 0.25) is 0 Å². The van der Waals surface area contributed by atoms with Gasteiger partial charge in [-0.2, -0.15) is 0 Å². The number of benzene rings is 2. The molecule has 5 nitrogen and oxygen atoms in total. The average Bonchev–Trinajstić information content (AvgIpc) is 2.65. The fraction of sp³-hybridized carbons (Fsp3) is 0.